The van der Waals surface area contributed by atoms with E-state index in [0.29, 0.717) is 23.5 Å². The summed E-state index contributed by atoms with van der Waals surface area (Å²) in [5.74, 6) is 0.684. The summed E-state index contributed by atoms with van der Waals surface area (Å²) < 4.78 is 5.52. The van der Waals surface area contributed by atoms with Gasteiger partial charge in [0.1, 0.15) is 5.75 Å². The predicted octanol–water partition coefficient (Wildman–Crippen LogP) is 3.90. The fourth-order valence-corrected chi connectivity index (χ4v) is 3.73. The van der Waals surface area contributed by atoms with Crippen molar-refractivity contribution >= 4 is 22.5 Å². The maximum absolute atomic E-state index is 12.9. The van der Waals surface area contributed by atoms with Gasteiger partial charge in [-0.05, 0) is 18.2 Å². The van der Waals surface area contributed by atoms with Gasteiger partial charge in [-0.3, -0.25) is 4.79 Å². The number of amides is 1. The fraction of sp³-hybridized carbons (Fsp3) is 0.0909. The number of aromatic nitrogens is 1. The van der Waals surface area contributed by atoms with Gasteiger partial charge in [0.25, 0.3) is 5.91 Å². The van der Waals surface area contributed by atoms with Gasteiger partial charge in [-0.25, -0.2) is 4.98 Å². The third-order valence-corrected chi connectivity index (χ3v) is 5.14. The number of pyridine rings is 1. The molecule has 0 radical (unpaired) electrons. The molecule has 27 heavy (non-hydrogen) atoms. The molecule has 2 aliphatic rings. The molecule has 1 aromatic heterocycles. The minimum atomic E-state index is -0.0878. The van der Waals surface area contributed by atoms with E-state index in [1.54, 1.807) is 12.0 Å². The maximum atomic E-state index is 12.9. The Kier molecular flexibility index (Phi) is 3.31. The van der Waals surface area contributed by atoms with E-state index in [1.807, 2.05) is 60.7 Å². The number of hydrogen-bond acceptors (Lipinski definition) is 4. The number of anilines is 1. The summed E-state index contributed by atoms with van der Waals surface area (Å²) in [6, 6.07) is 13.7. The molecular formula is C22H17N3O2. The van der Waals surface area contributed by atoms with Crippen molar-refractivity contribution in [3.8, 4) is 16.9 Å². The van der Waals surface area contributed by atoms with Crippen molar-refractivity contribution in [1.82, 2.24) is 9.88 Å². The van der Waals surface area contributed by atoms with Crippen molar-refractivity contribution in [2.24, 2.45) is 0 Å². The van der Waals surface area contributed by atoms with E-state index in [-0.39, 0.29) is 5.91 Å². The lowest BCUT2D eigenvalue weighted by Crippen LogP contribution is -2.24. The monoisotopic (exact) mass is 355 g/mol. The van der Waals surface area contributed by atoms with E-state index in [9.17, 15) is 4.79 Å². The zero-order valence-electron chi connectivity index (χ0n) is 14.8. The van der Waals surface area contributed by atoms with Crippen LogP contribution in [0, 0.1) is 0 Å². The molecule has 0 unspecified atom stereocenters. The molecule has 5 rings (SSSR count). The number of carbonyl (C=O) groups is 1. The van der Waals surface area contributed by atoms with Crippen molar-refractivity contribution in [1.29, 1.82) is 0 Å². The van der Waals surface area contributed by atoms with E-state index in [2.05, 4.69) is 0 Å². The summed E-state index contributed by atoms with van der Waals surface area (Å²) in [5, 5.41) is 0.783. The van der Waals surface area contributed by atoms with Crippen LogP contribution in [0.3, 0.4) is 0 Å². The number of nitrogen functional groups attached to an aromatic ring is 1. The first-order chi connectivity index (χ1) is 13.2. The number of nitrogens with two attached hydrogens (primary N) is 1. The van der Waals surface area contributed by atoms with Crippen LogP contribution in [0.4, 0.5) is 5.69 Å². The Balaban J connectivity index is 1.74. The molecule has 0 atom stereocenters. The molecule has 2 aromatic carbocycles. The molecule has 5 heteroatoms. The lowest BCUT2D eigenvalue weighted by molar-refractivity contribution is 0.0831. The first-order valence-corrected chi connectivity index (χ1v) is 8.73. The molecule has 0 bridgehead atoms. The number of methoxy groups -OCH3 is 1. The fourth-order valence-electron chi connectivity index (χ4n) is 3.73. The van der Waals surface area contributed by atoms with Crippen LogP contribution in [0.15, 0.2) is 66.4 Å². The van der Waals surface area contributed by atoms with Gasteiger partial charge in [-0.1, -0.05) is 42.5 Å². The first-order valence-electron chi connectivity index (χ1n) is 8.73. The Bertz CT molecular complexity index is 1180. The molecule has 2 N–H and O–H groups in total. The third kappa shape index (κ3) is 2.18. The van der Waals surface area contributed by atoms with Crippen LogP contribution in [0.2, 0.25) is 0 Å². The maximum Gasteiger partial charge on any atom is 0.262 e. The van der Waals surface area contributed by atoms with E-state index in [4.69, 9.17) is 15.5 Å². The van der Waals surface area contributed by atoms with Gasteiger partial charge in [0, 0.05) is 22.2 Å². The average Bonchev–Trinajstić information content (AvgIpc) is 2.96. The number of nitrogens with zero attached hydrogens (tertiary/aromatic N) is 2. The van der Waals surface area contributed by atoms with Gasteiger partial charge in [0.15, 0.2) is 0 Å². The zero-order chi connectivity index (χ0) is 18.5. The van der Waals surface area contributed by atoms with E-state index in [0.717, 1.165) is 33.5 Å². The number of rotatable bonds is 3. The molecule has 0 spiro atoms. The number of hydrogen-bond donors (Lipinski definition) is 1. The topological polar surface area (TPSA) is 68.5 Å². The molecule has 132 valence electrons. The molecule has 1 aliphatic carbocycles. The smallest absolute Gasteiger partial charge is 0.262 e. The van der Waals surface area contributed by atoms with Crippen LogP contribution in [0.1, 0.15) is 16.1 Å². The Hall–Kier alpha value is -3.60. The van der Waals surface area contributed by atoms with Crippen molar-refractivity contribution in [2.75, 3.05) is 12.8 Å². The van der Waals surface area contributed by atoms with Crippen molar-refractivity contribution < 1.29 is 9.53 Å². The van der Waals surface area contributed by atoms with Gasteiger partial charge < -0.3 is 15.4 Å². The molecule has 5 nitrogen and oxygen atoms in total. The Morgan fingerprint density at radius 3 is 2.63 bits per heavy atom. The highest BCUT2D eigenvalue weighted by atomic mass is 16.5. The molecule has 0 saturated carbocycles. The van der Waals surface area contributed by atoms with Crippen molar-refractivity contribution in [2.45, 2.75) is 6.54 Å². The second-order valence-corrected chi connectivity index (χ2v) is 6.59. The SMILES string of the molecule is COc1ccccc1-c1cccc2c(N)c3c(nc12)CN(C1=CC=C1)C3=O. The lowest BCUT2D eigenvalue weighted by atomic mass is 9.98. The standard InChI is InChI=1S/C22H17N3O2/c1-27-18-11-3-2-8-14(18)15-9-5-10-16-20(23)19-17(24-21(15)16)12-25(22(19)26)13-6-4-7-13/h2-11H,12H2,1H3,(H2,23,24). The van der Waals surface area contributed by atoms with Crippen LogP contribution in [-0.2, 0) is 6.54 Å². The van der Waals surface area contributed by atoms with Crippen LogP contribution in [0.5, 0.6) is 5.75 Å². The highest BCUT2D eigenvalue weighted by Crippen LogP contribution is 2.40. The van der Waals surface area contributed by atoms with Gasteiger partial charge >= 0.3 is 0 Å². The summed E-state index contributed by atoms with van der Waals surface area (Å²) in [6.45, 7) is 0.435. The summed E-state index contributed by atoms with van der Waals surface area (Å²) in [4.78, 5) is 19.4. The normalized spacial score (nSPS) is 14.9. The second kappa shape index (κ2) is 5.71. The predicted molar refractivity (Wildman–Crippen MR) is 105 cm³/mol. The molecule has 1 aliphatic heterocycles. The molecule has 0 fully saturated rings. The van der Waals surface area contributed by atoms with Gasteiger partial charge in [-0.2, -0.15) is 0 Å². The number of ether oxygens (including phenoxy) is 1. The first kappa shape index (κ1) is 15.6. The summed E-state index contributed by atoms with van der Waals surface area (Å²) >= 11 is 0. The third-order valence-electron chi connectivity index (χ3n) is 5.14. The van der Waals surface area contributed by atoms with Gasteiger partial charge in [0.05, 0.1) is 36.1 Å². The number of para-hydroxylation sites is 2. The Morgan fingerprint density at radius 2 is 1.89 bits per heavy atom. The highest BCUT2D eigenvalue weighted by Gasteiger charge is 2.34. The van der Waals surface area contributed by atoms with E-state index in [1.165, 1.54) is 0 Å². The average molecular weight is 355 g/mol. The van der Waals surface area contributed by atoms with E-state index < -0.39 is 0 Å². The highest BCUT2D eigenvalue weighted by molar-refractivity contribution is 6.12. The van der Waals surface area contributed by atoms with Gasteiger partial charge in [0.2, 0.25) is 0 Å². The molecule has 0 saturated heterocycles. The summed E-state index contributed by atoms with van der Waals surface area (Å²) in [5.41, 5.74) is 11.7. The summed E-state index contributed by atoms with van der Waals surface area (Å²) in [6.07, 6.45) is 5.75. The molecule has 2 heterocycles. The Morgan fingerprint density at radius 1 is 1.11 bits per heavy atom. The molecule has 1 amide bonds. The number of benzene rings is 2. The minimum Gasteiger partial charge on any atom is -0.496 e. The van der Waals surface area contributed by atoms with Crippen LogP contribution < -0.4 is 10.5 Å². The number of carbonyl (C=O) groups excluding carboxylic acids is 1. The quantitative estimate of drug-likeness (QED) is 0.774. The molecule has 3 aromatic rings. The number of fused-ring (bicyclic) bond motifs is 2. The van der Waals surface area contributed by atoms with Crippen LogP contribution in [0.25, 0.3) is 22.0 Å². The minimum absolute atomic E-state index is 0.0878. The Labute approximate surface area is 156 Å². The van der Waals surface area contributed by atoms with Crippen LogP contribution in [-0.4, -0.2) is 22.9 Å². The zero-order valence-corrected chi connectivity index (χ0v) is 14.8. The number of allylic oxidation sites excluding steroid dienone is 3. The van der Waals surface area contributed by atoms with E-state index >= 15 is 0 Å². The van der Waals surface area contributed by atoms with Crippen LogP contribution >= 0.6 is 0 Å². The second-order valence-electron chi connectivity index (χ2n) is 6.59. The van der Waals surface area contributed by atoms with Crippen molar-refractivity contribution in [3.63, 3.8) is 0 Å². The largest absolute Gasteiger partial charge is 0.496 e. The summed E-state index contributed by atoms with van der Waals surface area (Å²) in [7, 11) is 1.65. The molecular weight excluding hydrogens is 338 g/mol. The van der Waals surface area contributed by atoms with Gasteiger partial charge in [-0.15, -0.1) is 0 Å². The van der Waals surface area contributed by atoms with Crippen molar-refractivity contribution in [3.05, 3.63) is 77.6 Å². The lowest BCUT2D eigenvalue weighted by Gasteiger charge is -2.19.